The van der Waals surface area contributed by atoms with Crippen LogP contribution in [0.2, 0.25) is 0 Å². The lowest BCUT2D eigenvalue weighted by atomic mass is 9.92. The molecule has 3 nitrogen and oxygen atoms in total. The van der Waals surface area contributed by atoms with E-state index in [1.165, 1.54) is 47.1 Å². The number of aromatic nitrogens is 1. The van der Waals surface area contributed by atoms with Crippen LogP contribution in [0.4, 0.5) is 0 Å². The standard InChI is InChI=1S/C16H23N3/c1-11-14-8-12(9-17)5-6-15(14)18-16(11)13-4-3-7-19(2)10-13/h5-6,8,13,18H,3-4,7,9-10,17H2,1-2H3. The number of H-pyrrole nitrogens is 1. The third-order valence-corrected chi connectivity index (χ3v) is 4.43. The maximum Gasteiger partial charge on any atom is 0.0459 e. The van der Waals surface area contributed by atoms with Gasteiger partial charge in [0.05, 0.1) is 0 Å². The molecule has 0 saturated carbocycles. The van der Waals surface area contributed by atoms with Crippen molar-refractivity contribution in [3.63, 3.8) is 0 Å². The molecule has 1 aromatic heterocycles. The number of aromatic amines is 1. The van der Waals surface area contributed by atoms with Crippen LogP contribution in [0.3, 0.4) is 0 Å². The van der Waals surface area contributed by atoms with Gasteiger partial charge in [-0.15, -0.1) is 0 Å². The third-order valence-electron chi connectivity index (χ3n) is 4.43. The Morgan fingerprint density at radius 3 is 3.00 bits per heavy atom. The van der Waals surface area contributed by atoms with E-state index in [2.05, 4.69) is 42.1 Å². The summed E-state index contributed by atoms with van der Waals surface area (Å²) in [4.78, 5) is 6.07. The van der Waals surface area contributed by atoms with Crippen LogP contribution in [-0.4, -0.2) is 30.0 Å². The number of nitrogens with one attached hydrogen (secondary N) is 1. The Morgan fingerprint density at radius 2 is 2.26 bits per heavy atom. The SMILES string of the molecule is Cc1c(C2CCCN(C)C2)[nH]c2ccc(CN)cc12. The highest BCUT2D eigenvalue weighted by Gasteiger charge is 2.22. The fraction of sp³-hybridized carbons (Fsp3) is 0.500. The normalized spacial score (nSPS) is 21.1. The largest absolute Gasteiger partial charge is 0.358 e. The summed E-state index contributed by atoms with van der Waals surface area (Å²) >= 11 is 0. The number of hydrogen-bond acceptors (Lipinski definition) is 2. The number of fused-ring (bicyclic) bond motifs is 1. The van der Waals surface area contributed by atoms with Gasteiger partial charge in [0.25, 0.3) is 0 Å². The van der Waals surface area contributed by atoms with Crippen molar-refractivity contribution in [3.05, 3.63) is 35.0 Å². The summed E-state index contributed by atoms with van der Waals surface area (Å²) in [5, 5.41) is 1.34. The van der Waals surface area contributed by atoms with Gasteiger partial charge in [-0.05, 0) is 56.6 Å². The van der Waals surface area contributed by atoms with Crippen molar-refractivity contribution in [1.29, 1.82) is 0 Å². The first-order valence-electron chi connectivity index (χ1n) is 7.18. The van der Waals surface area contributed by atoms with E-state index in [1.54, 1.807) is 0 Å². The van der Waals surface area contributed by atoms with Crippen LogP contribution in [0.1, 0.15) is 35.6 Å². The van der Waals surface area contributed by atoms with E-state index in [9.17, 15) is 0 Å². The van der Waals surface area contributed by atoms with E-state index in [4.69, 9.17) is 5.73 Å². The van der Waals surface area contributed by atoms with Crippen molar-refractivity contribution in [1.82, 2.24) is 9.88 Å². The van der Waals surface area contributed by atoms with E-state index in [1.807, 2.05) is 0 Å². The predicted molar refractivity (Wildman–Crippen MR) is 80.4 cm³/mol. The van der Waals surface area contributed by atoms with Crippen molar-refractivity contribution in [2.45, 2.75) is 32.2 Å². The van der Waals surface area contributed by atoms with Crippen molar-refractivity contribution >= 4 is 10.9 Å². The van der Waals surface area contributed by atoms with Gasteiger partial charge in [-0.2, -0.15) is 0 Å². The van der Waals surface area contributed by atoms with Crippen molar-refractivity contribution in [2.24, 2.45) is 5.73 Å². The zero-order valence-corrected chi connectivity index (χ0v) is 11.9. The Balaban J connectivity index is 2.02. The lowest BCUT2D eigenvalue weighted by Crippen LogP contribution is -2.31. The minimum absolute atomic E-state index is 0.613. The van der Waals surface area contributed by atoms with E-state index >= 15 is 0 Å². The number of benzene rings is 1. The first-order chi connectivity index (χ1) is 9.19. The molecule has 19 heavy (non-hydrogen) atoms. The number of likely N-dealkylation sites (tertiary alicyclic amines) is 1. The average molecular weight is 257 g/mol. The fourth-order valence-corrected chi connectivity index (χ4v) is 3.33. The second-order valence-electron chi connectivity index (χ2n) is 5.85. The molecule has 1 aromatic carbocycles. The highest BCUT2D eigenvalue weighted by molar-refractivity contribution is 5.85. The molecule has 3 N–H and O–H groups in total. The average Bonchev–Trinajstić information content (AvgIpc) is 2.76. The molecular formula is C16H23N3. The van der Waals surface area contributed by atoms with Gasteiger partial charge in [0.15, 0.2) is 0 Å². The predicted octanol–water partition coefficient (Wildman–Crippen LogP) is 2.74. The van der Waals surface area contributed by atoms with Crippen LogP contribution in [0.25, 0.3) is 10.9 Å². The van der Waals surface area contributed by atoms with E-state index < -0.39 is 0 Å². The molecule has 1 aliphatic rings. The van der Waals surface area contributed by atoms with Crippen molar-refractivity contribution in [2.75, 3.05) is 20.1 Å². The highest BCUT2D eigenvalue weighted by atomic mass is 15.1. The van der Waals surface area contributed by atoms with Gasteiger partial charge in [0.2, 0.25) is 0 Å². The van der Waals surface area contributed by atoms with E-state index in [-0.39, 0.29) is 0 Å². The molecule has 0 amide bonds. The molecule has 0 radical (unpaired) electrons. The molecule has 1 unspecified atom stereocenters. The van der Waals surface area contributed by atoms with E-state index in [0.717, 1.165) is 6.54 Å². The molecule has 102 valence electrons. The molecule has 0 spiro atoms. The molecule has 2 heterocycles. The van der Waals surface area contributed by atoms with Crippen molar-refractivity contribution < 1.29 is 0 Å². The number of nitrogens with zero attached hydrogens (tertiary/aromatic N) is 1. The molecular weight excluding hydrogens is 234 g/mol. The Hall–Kier alpha value is -1.32. The van der Waals surface area contributed by atoms with Crippen LogP contribution in [-0.2, 0) is 6.54 Å². The second kappa shape index (κ2) is 4.99. The monoisotopic (exact) mass is 257 g/mol. The molecule has 1 atom stereocenters. The lowest BCUT2D eigenvalue weighted by Gasteiger charge is -2.29. The molecule has 3 heteroatoms. The zero-order valence-electron chi connectivity index (χ0n) is 11.9. The number of likely N-dealkylation sites (N-methyl/N-ethyl adjacent to an activating group) is 1. The van der Waals surface area contributed by atoms with Crippen LogP contribution >= 0.6 is 0 Å². The summed E-state index contributed by atoms with van der Waals surface area (Å²) in [6, 6.07) is 6.52. The second-order valence-corrected chi connectivity index (χ2v) is 5.85. The van der Waals surface area contributed by atoms with E-state index in [0.29, 0.717) is 12.5 Å². The summed E-state index contributed by atoms with van der Waals surface area (Å²) in [6.07, 6.45) is 2.59. The van der Waals surface area contributed by atoms with Gasteiger partial charge in [0, 0.05) is 35.6 Å². The van der Waals surface area contributed by atoms with Crippen LogP contribution in [0, 0.1) is 6.92 Å². The van der Waals surface area contributed by atoms with Crippen LogP contribution in [0.5, 0.6) is 0 Å². The molecule has 0 bridgehead atoms. The Morgan fingerprint density at radius 1 is 1.42 bits per heavy atom. The van der Waals surface area contributed by atoms with Crippen LogP contribution < -0.4 is 5.73 Å². The minimum Gasteiger partial charge on any atom is -0.358 e. The summed E-state index contributed by atoms with van der Waals surface area (Å²) in [5.74, 6) is 0.646. The number of piperidine rings is 1. The highest BCUT2D eigenvalue weighted by Crippen LogP contribution is 2.32. The van der Waals surface area contributed by atoms with Gasteiger partial charge in [-0.3, -0.25) is 0 Å². The van der Waals surface area contributed by atoms with Crippen molar-refractivity contribution in [3.8, 4) is 0 Å². The Kier molecular flexibility index (Phi) is 3.33. The van der Waals surface area contributed by atoms with Gasteiger partial charge in [-0.1, -0.05) is 6.07 Å². The molecule has 0 aliphatic carbocycles. The fourth-order valence-electron chi connectivity index (χ4n) is 3.33. The molecule has 1 aliphatic heterocycles. The lowest BCUT2D eigenvalue weighted by molar-refractivity contribution is 0.248. The van der Waals surface area contributed by atoms with Gasteiger partial charge in [0.1, 0.15) is 0 Å². The Bertz CT molecular complexity index is 585. The topological polar surface area (TPSA) is 45.0 Å². The molecule has 1 saturated heterocycles. The first kappa shape index (κ1) is 12.7. The zero-order chi connectivity index (χ0) is 13.4. The minimum atomic E-state index is 0.613. The smallest absolute Gasteiger partial charge is 0.0459 e. The third kappa shape index (κ3) is 2.28. The number of aryl methyl sites for hydroxylation is 1. The summed E-state index contributed by atoms with van der Waals surface area (Å²) in [7, 11) is 2.22. The summed E-state index contributed by atoms with van der Waals surface area (Å²) in [5.41, 5.74) is 11.0. The Labute approximate surface area is 114 Å². The first-order valence-corrected chi connectivity index (χ1v) is 7.18. The van der Waals surface area contributed by atoms with Gasteiger partial charge < -0.3 is 15.6 Å². The molecule has 3 rings (SSSR count). The number of rotatable bonds is 2. The maximum absolute atomic E-state index is 5.74. The maximum atomic E-state index is 5.74. The summed E-state index contributed by atoms with van der Waals surface area (Å²) in [6.45, 7) is 5.25. The number of hydrogen-bond donors (Lipinski definition) is 2. The van der Waals surface area contributed by atoms with Gasteiger partial charge in [-0.25, -0.2) is 0 Å². The molecule has 2 aromatic rings. The van der Waals surface area contributed by atoms with Gasteiger partial charge >= 0.3 is 0 Å². The quantitative estimate of drug-likeness (QED) is 0.869. The summed E-state index contributed by atoms with van der Waals surface area (Å²) < 4.78 is 0. The number of nitrogens with two attached hydrogens (primary N) is 1. The molecule has 1 fully saturated rings. The van der Waals surface area contributed by atoms with Crippen LogP contribution in [0.15, 0.2) is 18.2 Å².